The lowest BCUT2D eigenvalue weighted by Gasteiger charge is -2.14. The molecule has 10 heavy (non-hydrogen) atoms. The van der Waals surface area contributed by atoms with Crippen LogP contribution in [0.25, 0.3) is 0 Å². The Hall–Kier alpha value is -0.480. The monoisotopic (exact) mass is 137 g/mol. The zero-order valence-corrected chi connectivity index (χ0v) is 6.40. The van der Waals surface area contributed by atoms with Gasteiger partial charge in [-0.1, -0.05) is 12.8 Å². The fraction of sp³-hybridized carbons (Fsp3) is 0.778. The highest BCUT2D eigenvalue weighted by Gasteiger charge is 2.06. The summed E-state index contributed by atoms with van der Waals surface area (Å²) >= 11 is 0. The van der Waals surface area contributed by atoms with Crippen molar-refractivity contribution in [1.82, 2.24) is 5.32 Å². The molecule has 1 N–H and O–H groups in total. The van der Waals surface area contributed by atoms with Crippen LogP contribution in [0.5, 0.6) is 0 Å². The predicted octanol–water partition coefficient (Wildman–Crippen LogP) is 1.40. The molecule has 0 aromatic carbocycles. The van der Waals surface area contributed by atoms with Crippen molar-refractivity contribution in [2.45, 2.75) is 25.7 Å². The quantitative estimate of drug-likeness (QED) is 0.498. The molecule has 1 atom stereocenters. The highest BCUT2D eigenvalue weighted by Crippen LogP contribution is 2.10. The second kappa shape index (κ2) is 4.35. The summed E-state index contributed by atoms with van der Waals surface area (Å²) in [6.45, 7) is 2.18. The molecule has 1 heterocycles. The van der Waals surface area contributed by atoms with E-state index in [1.807, 2.05) is 0 Å². The summed E-state index contributed by atoms with van der Waals surface area (Å²) in [6.07, 6.45) is 10.5. The van der Waals surface area contributed by atoms with Gasteiger partial charge in [-0.25, -0.2) is 0 Å². The molecule has 1 aliphatic heterocycles. The van der Waals surface area contributed by atoms with E-state index in [-0.39, 0.29) is 0 Å². The summed E-state index contributed by atoms with van der Waals surface area (Å²) in [6, 6.07) is 0. The van der Waals surface area contributed by atoms with Gasteiger partial charge in [0.1, 0.15) is 0 Å². The number of hydrogen-bond acceptors (Lipinski definition) is 1. The molecule has 0 radical (unpaired) electrons. The Morgan fingerprint density at radius 1 is 1.30 bits per heavy atom. The van der Waals surface area contributed by atoms with E-state index >= 15 is 0 Å². The van der Waals surface area contributed by atoms with Gasteiger partial charge in [-0.15, -0.1) is 12.3 Å². The normalized spacial score (nSPS) is 28.1. The van der Waals surface area contributed by atoms with Crippen LogP contribution in [0, 0.1) is 18.3 Å². The predicted molar refractivity (Wildman–Crippen MR) is 43.7 cm³/mol. The maximum Gasteiger partial charge on any atom is 0.0325 e. The van der Waals surface area contributed by atoms with Crippen molar-refractivity contribution >= 4 is 0 Å². The average molecular weight is 137 g/mol. The fourth-order valence-corrected chi connectivity index (χ4v) is 1.34. The first kappa shape index (κ1) is 7.63. The number of rotatable bonds is 0. The van der Waals surface area contributed by atoms with Gasteiger partial charge < -0.3 is 5.32 Å². The lowest BCUT2D eigenvalue weighted by atomic mass is 10.0. The van der Waals surface area contributed by atoms with E-state index in [0.29, 0.717) is 5.92 Å². The van der Waals surface area contributed by atoms with Crippen LogP contribution < -0.4 is 5.32 Å². The maximum atomic E-state index is 5.33. The van der Waals surface area contributed by atoms with Crippen LogP contribution in [-0.2, 0) is 0 Å². The van der Waals surface area contributed by atoms with E-state index < -0.39 is 0 Å². The summed E-state index contributed by atoms with van der Waals surface area (Å²) in [5.74, 6) is 3.30. The Kier molecular flexibility index (Phi) is 3.32. The van der Waals surface area contributed by atoms with Crippen LogP contribution in [0.2, 0.25) is 0 Å². The molecule has 0 aromatic heterocycles. The summed E-state index contributed by atoms with van der Waals surface area (Å²) in [5.41, 5.74) is 0. The molecule has 1 unspecified atom stereocenters. The Morgan fingerprint density at radius 2 is 2.20 bits per heavy atom. The van der Waals surface area contributed by atoms with Gasteiger partial charge in [0.05, 0.1) is 0 Å². The minimum atomic E-state index is 0.486. The highest BCUT2D eigenvalue weighted by atomic mass is 14.9. The van der Waals surface area contributed by atoms with Crippen molar-refractivity contribution in [3.8, 4) is 12.3 Å². The third kappa shape index (κ3) is 2.41. The molecule has 0 spiro atoms. The smallest absolute Gasteiger partial charge is 0.0325 e. The molecule has 1 rings (SSSR count). The first-order valence-electron chi connectivity index (χ1n) is 4.10. The summed E-state index contributed by atoms with van der Waals surface area (Å²) < 4.78 is 0. The topological polar surface area (TPSA) is 12.0 Å². The minimum absolute atomic E-state index is 0.486. The van der Waals surface area contributed by atoms with E-state index in [1.165, 1.54) is 25.7 Å². The van der Waals surface area contributed by atoms with E-state index in [9.17, 15) is 0 Å². The molecule has 56 valence electrons. The molecule has 1 nitrogen and oxygen atoms in total. The lowest BCUT2D eigenvalue weighted by molar-refractivity contribution is 0.459. The molecule has 1 saturated heterocycles. The van der Waals surface area contributed by atoms with E-state index in [4.69, 9.17) is 6.42 Å². The lowest BCUT2D eigenvalue weighted by Crippen LogP contribution is -2.24. The Morgan fingerprint density at radius 3 is 3.00 bits per heavy atom. The highest BCUT2D eigenvalue weighted by molar-refractivity contribution is 4.94. The van der Waals surface area contributed by atoms with Crippen molar-refractivity contribution in [1.29, 1.82) is 0 Å². The Balaban J connectivity index is 2.24. The summed E-state index contributed by atoms with van der Waals surface area (Å²) in [4.78, 5) is 0. The largest absolute Gasteiger partial charge is 0.316 e. The Labute approximate surface area is 63.2 Å². The summed E-state index contributed by atoms with van der Waals surface area (Å²) in [7, 11) is 0. The van der Waals surface area contributed by atoms with Gasteiger partial charge in [-0.05, 0) is 19.4 Å². The van der Waals surface area contributed by atoms with Gasteiger partial charge in [0.2, 0.25) is 0 Å². The molecule has 0 amide bonds. The van der Waals surface area contributed by atoms with Crippen molar-refractivity contribution in [2.75, 3.05) is 13.1 Å². The van der Waals surface area contributed by atoms with Crippen LogP contribution in [-0.4, -0.2) is 13.1 Å². The molecule has 0 bridgehead atoms. The standard InChI is InChI=1S/C9H15N/c1-2-9-6-4-3-5-7-10-8-9/h1,9-10H,3-8H2. The van der Waals surface area contributed by atoms with Crippen molar-refractivity contribution in [3.05, 3.63) is 0 Å². The summed E-state index contributed by atoms with van der Waals surface area (Å²) in [5, 5.41) is 3.35. The fourth-order valence-electron chi connectivity index (χ4n) is 1.34. The zero-order chi connectivity index (χ0) is 7.23. The maximum absolute atomic E-state index is 5.33. The second-order valence-corrected chi connectivity index (χ2v) is 2.92. The van der Waals surface area contributed by atoms with Crippen molar-refractivity contribution in [2.24, 2.45) is 5.92 Å². The zero-order valence-electron chi connectivity index (χ0n) is 6.40. The molecular weight excluding hydrogens is 122 g/mol. The molecule has 1 aliphatic rings. The van der Waals surface area contributed by atoms with Crippen molar-refractivity contribution < 1.29 is 0 Å². The average Bonchev–Trinajstić information content (AvgIpc) is 1.87. The molecule has 1 fully saturated rings. The molecular formula is C9H15N. The molecule has 0 aliphatic carbocycles. The second-order valence-electron chi connectivity index (χ2n) is 2.92. The third-order valence-corrected chi connectivity index (χ3v) is 2.03. The van der Waals surface area contributed by atoms with Gasteiger partial charge in [-0.3, -0.25) is 0 Å². The van der Waals surface area contributed by atoms with Gasteiger partial charge in [-0.2, -0.15) is 0 Å². The van der Waals surface area contributed by atoms with Gasteiger partial charge >= 0.3 is 0 Å². The minimum Gasteiger partial charge on any atom is -0.316 e. The number of hydrogen-bond donors (Lipinski definition) is 1. The van der Waals surface area contributed by atoms with E-state index in [0.717, 1.165) is 13.1 Å². The van der Waals surface area contributed by atoms with Crippen LogP contribution in [0.4, 0.5) is 0 Å². The molecule has 1 heteroatoms. The molecule has 0 aromatic rings. The van der Waals surface area contributed by atoms with Crippen LogP contribution in [0.15, 0.2) is 0 Å². The number of nitrogens with one attached hydrogen (secondary N) is 1. The van der Waals surface area contributed by atoms with Gasteiger partial charge in [0.25, 0.3) is 0 Å². The van der Waals surface area contributed by atoms with Crippen LogP contribution in [0.3, 0.4) is 0 Å². The molecule has 0 saturated carbocycles. The van der Waals surface area contributed by atoms with Crippen LogP contribution in [0.1, 0.15) is 25.7 Å². The van der Waals surface area contributed by atoms with Crippen molar-refractivity contribution in [3.63, 3.8) is 0 Å². The van der Waals surface area contributed by atoms with Gasteiger partial charge in [0, 0.05) is 12.5 Å². The third-order valence-electron chi connectivity index (χ3n) is 2.03. The van der Waals surface area contributed by atoms with Crippen LogP contribution >= 0.6 is 0 Å². The number of terminal acetylenes is 1. The van der Waals surface area contributed by atoms with Gasteiger partial charge in [0.15, 0.2) is 0 Å². The first-order valence-corrected chi connectivity index (χ1v) is 4.10. The first-order chi connectivity index (χ1) is 4.93. The SMILES string of the molecule is C#CC1CCCCCNC1. The van der Waals surface area contributed by atoms with E-state index in [1.54, 1.807) is 0 Å². The van der Waals surface area contributed by atoms with E-state index in [2.05, 4.69) is 11.2 Å². The Bertz CT molecular complexity index is 115.